The molecule has 1 saturated carbocycles. The molecular formula is C25H28N2. The van der Waals surface area contributed by atoms with E-state index in [-0.39, 0.29) is 11.3 Å². The molecular weight excluding hydrogens is 328 g/mol. The van der Waals surface area contributed by atoms with Crippen molar-refractivity contribution in [3.8, 4) is 12.1 Å². The van der Waals surface area contributed by atoms with E-state index in [0.29, 0.717) is 17.0 Å². The van der Waals surface area contributed by atoms with Crippen LogP contribution >= 0.6 is 0 Å². The second kappa shape index (κ2) is 7.58. The molecule has 0 bridgehead atoms. The van der Waals surface area contributed by atoms with Crippen LogP contribution in [-0.4, -0.2) is 0 Å². The van der Waals surface area contributed by atoms with Crippen molar-refractivity contribution in [2.45, 2.75) is 70.6 Å². The van der Waals surface area contributed by atoms with Gasteiger partial charge in [0.1, 0.15) is 0 Å². The molecule has 1 aliphatic rings. The fourth-order valence-corrected chi connectivity index (χ4v) is 4.65. The predicted octanol–water partition coefficient (Wildman–Crippen LogP) is 6.54. The van der Waals surface area contributed by atoms with E-state index in [0.717, 1.165) is 24.0 Å². The fourth-order valence-electron chi connectivity index (χ4n) is 4.65. The van der Waals surface area contributed by atoms with Crippen molar-refractivity contribution in [3.63, 3.8) is 0 Å². The zero-order valence-corrected chi connectivity index (χ0v) is 16.8. The first-order valence-electron chi connectivity index (χ1n) is 10.0. The summed E-state index contributed by atoms with van der Waals surface area (Å²) in [5.74, 6) is 0.674. The van der Waals surface area contributed by atoms with Crippen molar-refractivity contribution >= 4 is 0 Å². The molecule has 0 heterocycles. The highest BCUT2D eigenvalue weighted by molar-refractivity contribution is 5.56. The summed E-state index contributed by atoms with van der Waals surface area (Å²) in [5, 5.41) is 19.5. The summed E-state index contributed by atoms with van der Waals surface area (Å²) >= 11 is 0. The van der Waals surface area contributed by atoms with Gasteiger partial charge in [0.2, 0.25) is 0 Å². The van der Waals surface area contributed by atoms with Crippen LogP contribution in [0.2, 0.25) is 0 Å². The molecule has 2 aromatic rings. The Bertz CT molecular complexity index is 864. The minimum atomic E-state index is -0.0811. The highest BCUT2D eigenvalue weighted by Crippen LogP contribution is 2.47. The lowest BCUT2D eigenvalue weighted by Crippen LogP contribution is -2.24. The lowest BCUT2D eigenvalue weighted by atomic mass is 9.71. The van der Waals surface area contributed by atoms with Crippen LogP contribution in [-0.2, 0) is 5.41 Å². The average molecular weight is 357 g/mol. The zero-order valence-electron chi connectivity index (χ0n) is 16.8. The van der Waals surface area contributed by atoms with Crippen LogP contribution in [0, 0.1) is 22.7 Å². The summed E-state index contributed by atoms with van der Waals surface area (Å²) in [5.41, 5.74) is 5.91. The van der Waals surface area contributed by atoms with E-state index >= 15 is 0 Å². The van der Waals surface area contributed by atoms with Gasteiger partial charge in [-0.25, -0.2) is 0 Å². The summed E-state index contributed by atoms with van der Waals surface area (Å²) < 4.78 is 0. The monoisotopic (exact) mass is 356 g/mol. The third-order valence-corrected chi connectivity index (χ3v) is 6.14. The Labute approximate surface area is 163 Å². The highest BCUT2D eigenvalue weighted by atomic mass is 14.4. The fraction of sp³-hybridized carbons (Fsp3) is 0.440. The van der Waals surface area contributed by atoms with E-state index in [1.807, 2.05) is 13.8 Å². The summed E-state index contributed by atoms with van der Waals surface area (Å²) in [4.78, 5) is 0. The number of hydrogen-bond acceptors (Lipinski definition) is 2. The molecule has 0 N–H and O–H groups in total. The summed E-state index contributed by atoms with van der Waals surface area (Å²) in [6.07, 6.45) is 4.51. The second-order valence-electron chi connectivity index (χ2n) is 8.43. The standard InChI is InChI=1S/C25H28N2/c1-17(2)19-7-9-22(10-8-19)25(11-5-6-12-25)23-13-20(15-26)24(18(3)4)21(14-23)16-27/h7-10,13-14,17-18H,5-6,11-12H2,1-4H3. The maximum Gasteiger partial charge on any atom is 0.0995 e. The summed E-state index contributed by atoms with van der Waals surface area (Å²) in [6.45, 7) is 8.52. The summed E-state index contributed by atoms with van der Waals surface area (Å²) in [6, 6.07) is 17.8. The van der Waals surface area contributed by atoms with Crippen molar-refractivity contribution in [1.29, 1.82) is 10.5 Å². The largest absolute Gasteiger partial charge is 0.192 e. The van der Waals surface area contributed by atoms with Gasteiger partial charge in [-0.05, 0) is 59.1 Å². The molecule has 3 rings (SSSR count). The Balaban J connectivity index is 2.19. The van der Waals surface area contributed by atoms with E-state index in [4.69, 9.17) is 0 Å². The minimum Gasteiger partial charge on any atom is -0.192 e. The van der Waals surface area contributed by atoms with Crippen LogP contribution in [0.25, 0.3) is 0 Å². The predicted molar refractivity (Wildman–Crippen MR) is 110 cm³/mol. The number of benzene rings is 2. The molecule has 0 radical (unpaired) electrons. The molecule has 0 aliphatic heterocycles. The van der Waals surface area contributed by atoms with Crippen LogP contribution in [0.5, 0.6) is 0 Å². The molecule has 1 fully saturated rings. The quantitative estimate of drug-likeness (QED) is 0.624. The second-order valence-corrected chi connectivity index (χ2v) is 8.43. The third kappa shape index (κ3) is 3.38. The normalized spacial score (nSPS) is 15.7. The van der Waals surface area contributed by atoms with Crippen LogP contribution in [0.15, 0.2) is 36.4 Å². The topological polar surface area (TPSA) is 47.6 Å². The van der Waals surface area contributed by atoms with Gasteiger partial charge in [-0.2, -0.15) is 10.5 Å². The zero-order chi connectivity index (χ0) is 19.6. The van der Waals surface area contributed by atoms with Crippen molar-refractivity contribution < 1.29 is 0 Å². The van der Waals surface area contributed by atoms with Gasteiger partial charge in [0.25, 0.3) is 0 Å². The van der Waals surface area contributed by atoms with E-state index < -0.39 is 0 Å². The van der Waals surface area contributed by atoms with Gasteiger partial charge in [0, 0.05) is 5.41 Å². The van der Waals surface area contributed by atoms with Crippen LogP contribution in [0.3, 0.4) is 0 Å². The molecule has 0 unspecified atom stereocenters. The van der Waals surface area contributed by atoms with Crippen LogP contribution in [0.1, 0.15) is 98.6 Å². The number of rotatable bonds is 4. The first-order chi connectivity index (χ1) is 12.9. The average Bonchev–Trinajstić information content (AvgIpc) is 3.17. The Kier molecular flexibility index (Phi) is 5.38. The Morgan fingerprint density at radius 2 is 1.30 bits per heavy atom. The Morgan fingerprint density at radius 3 is 1.70 bits per heavy atom. The minimum absolute atomic E-state index is 0.0811. The number of nitrogens with zero attached hydrogens (tertiary/aromatic N) is 2. The van der Waals surface area contributed by atoms with Gasteiger partial charge in [-0.15, -0.1) is 0 Å². The smallest absolute Gasteiger partial charge is 0.0995 e. The van der Waals surface area contributed by atoms with Gasteiger partial charge >= 0.3 is 0 Å². The van der Waals surface area contributed by atoms with Gasteiger partial charge in [0.05, 0.1) is 23.3 Å². The van der Waals surface area contributed by atoms with E-state index in [9.17, 15) is 10.5 Å². The van der Waals surface area contributed by atoms with Crippen LogP contribution in [0.4, 0.5) is 0 Å². The maximum atomic E-state index is 9.75. The summed E-state index contributed by atoms with van der Waals surface area (Å²) in [7, 11) is 0. The van der Waals surface area contributed by atoms with Crippen molar-refractivity contribution in [1.82, 2.24) is 0 Å². The van der Waals surface area contributed by atoms with E-state index in [1.54, 1.807) is 0 Å². The first kappa shape index (κ1) is 19.2. The Morgan fingerprint density at radius 1 is 0.778 bits per heavy atom. The first-order valence-corrected chi connectivity index (χ1v) is 10.0. The highest BCUT2D eigenvalue weighted by Gasteiger charge is 2.38. The van der Waals surface area contributed by atoms with Crippen LogP contribution < -0.4 is 0 Å². The Hall–Kier alpha value is -2.58. The number of nitriles is 2. The molecule has 2 aromatic carbocycles. The molecule has 27 heavy (non-hydrogen) atoms. The van der Waals surface area contributed by atoms with Gasteiger partial charge in [-0.1, -0.05) is 64.8 Å². The molecule has 1 aliphatic carbocycles. The molecule has 138 valence electrons. The third-order valence-electron chi connectivity index (χ3n) is 6.14. The number of hydrogen-bond donors (Lipinski definition) is 0. The van der Waals surface area contributed by atoms with Gasteiger partial charge in [-0.3, -0.25) is 0 Å². The molecule has 0 saturated heterocycles. The molecule has 2 heteroatoms. The van der Waals surface area contributed by atoms with E-state index in [1.165, 1.54) is 24.0 Å². The van der Waals surface area contributed by atoms with E-state index in [2.05, 4.69) is 62.4 Å². The van der Waals surface area contributed by atoms with Gasteiger partial charge < -0.3 is 0 Å². The maximum absolute atomic E-state index is 9.75. The van der Waals surface area contributed by atoms with Crippen molar-refractivity contribution in [3.05, 3.63) is 69.8 Å². The van der Waals surface area contributed by atoms with Crippen molar-refractivity contribution in [2.24, 2.45) is 0 Å². The molecule has 0 spiro atoms. The lowest BCUT2D eigenvalue weighted by molar-refractivity contribution is 0.534. The van der Waals surface area contributed by atoms with Gasteiger partial charge in [0.15, 0.2) is 0 Å². The molecule has 0 aromatic heterocycles. The molecule has 2 nitrogen and oxygen atoms in total. The van der Waals surface area contributed by atoms with Crippen molar-refractivity contribution in [2.75, 3.05) is 0 Å². The molecule has 0 amide bonds. The lowest BCUT2D eigenvalue weighted by Gasteiger charge is -2.32. The molecule has 0 atom stereocenters. The SMILES string of the molecule is CC(C)c1ccc(C2(c3cc(C#N)c(C(C)C)c(C#N)c3)CCCC2)cc1.